The Hall–Kier alpha value is -2.08. The van der Waals surface area contributed by atoms with Gasteiger partial charge in [0.25, 0.3) is 5.91 Å². The average molecular weight is 323 g/mol. The van der Waals surface area contributed by atoms with Crippen molar-refractivity contribution in [3.05, 3.63) is 51.9 Å². The van der Waals surface area contributed by atoms with Gasteiger partial charge in [0.2, 0.25) is 5.91 Å². The van der Waals surface area contributed by atoms with Crippen LogP contribution in [0.5, 0.6) is 0 Å². The van der Waals surface area contributed by atoms with Crippen LogP contribution in [0.15, 0.2) is 39.6 Å². The van der Waals surface area contributed by atoms with E-state index in [4.69, 9.17) is 10.2 Å². The third-order valence-corrected chi connectivity index (χ3v) is 3.24. The van der Waals surface area contributed by atoms with E-state index in [-0.39, 0.29) is 5.91 Å². The highest BCUT2D eigenvalue weighted by molar-refractivity contribution is 9.10. The molecule has 1 heterocycles. The third-order valence-electron chi connectivity index (χ3n) is 2.62. The predicted molar refractivity (Wildman–Crippen MR) is 74.1 cm³/mol. The maximum Gasteiger partial charge on any atom is 0.260 e. The minimum atomic E-state index is -0.501. The molecular weight excluding hydrogens is 312 g/mol. The van der Waals surface area contributed by atoms with Crippen LogP contribution < -0.4 is 11.1 Å². The van der Waals surface area contributed by atoms with Gasteiger partial charge in [-0.2, -0.15) is 0 Å². The first-order chi connectivity index (χ1) is 8.99. The molecule has 0 aliphatic heterocycles. The molecule has 0 bridgehead atoms. The summed E-state index contributed by atoms with van der Waals surface area (Å²) in [6.45, 7) is 1.78. The SMILES string of the molecule is Cc1cc(C(N)=O)ccc1NC(=O)c1ccoc1Br. The first kappa shape index (κ1) is 13.4. The minimum Gasteiger partial charge on any atom is -0.457 e. The van der Waals surface area contributed by atoms with Crippen LogP contribution in [0.1, 0.15) is 26.3 Å². The summed E-state index contributed by atoms with van der Waals surface area (Å²) in [5.74, 6) is -0.797. The van der Waals surface area contributed by atoms with E-state index in [2.05, 4.69) is 21.2 Å². The highest BCUT2D eigenvalue weighted by atomic mass is 79.9. The second-order valence-corrected chi connectivity index (χ2v) is 4.68. The lowest BCUT2D eigenvalue weighted by molar-refractivity contribution is 0.0998. The first-order valence-corrected chi connectivity index (χ1v) is 6.23. The highest BCUT2D eigenvalue weighted by Gasteiger charge is 2.14. The van der Waals surface area contributed by atoms with Crippen LogP contribution in [0.3, 0.4) is 0 Å². The van der Waals surface area contributed by atoms with E-state index in [0.717, 1.165) is 5.56 Å². The lowest BCUT2D eigenvalue weighted by Crippen LogP contribution is -2.14. The second kappa shape index (κ2) is 5.27. The molecule has 0 radical (unpaired) electrons. The molecule has 0 aliphatic carbocycles. The van der Waals surface area contributed by atoms with Crippen LogP contribution in [0.4, 0.5) is 5.69 Å². The molecule has 0 saturated heterocycles. The molecule has 0 spiro atoms. The van der Waals surface area contributed by atoms with Crippen molar-refractivity contribution in [1.29, 1.82) is 0 Å². The number of carbonyl (C=O) groups is 2. The van der Waals surface area contributed by atoms with Crippen molar-refractivity contribution in [1.82, 2.24) is 0 Å². The third kappa shape index (κ3) is 2.85. The lowest BCUT2D eigenvalue weighted by atomic mass is 10.1. The van der Waals surface area contributed by atoms with Gasteiger partial charge in [0, 0.05) is 11.3 Å². The Morgan fingerprint density at radius 1 is 1.32 bits per heavy atom. The number of carbonyl (C=O) groups excluding carboxylic acids is 2. The zero-order valence-corrected chi connectivity index (χ0v) is 11.7. The van der Waals surface area contributed by atoms with Gasteiger partial charge in [-0.1, -0.05) is 0 Å². The Labute approximate surface area is 117 Å². The molecule has 6 heteroatoms. The Balaban J connectivity index is 2.23. The summed E-state index contributed by atoms with van der Waals surface area (Å²) < 4.78 is 5.37. The van der Waals surface area contributed by atoms with Crippen LogP contribution in [-0.2, 0) is 0 Å². The summed E-state index contributed by atoms with van der Waals surface area (Å²) in [7, 11) is 0. The summed E-state index contributed by atoms with van der Waals surface area (Å²) in [6.07, 6.45) is 1.42. The maximum absolute atomic E-state index is 12.0. The van der Waals surface area contributed by atoms with Gasteiger partial charge in [-0.05, 0) is 52.7 Å². The summed E-state index contributed by atoms with van der Waals surface area (Å²) >= 11 is 3.14. The van der Waals surface area contributed by atoms with Crippen LogP contribution in [-0.4, -0.2) is 11.8 Å². The number of rotatable bonds is 3. The number of halogens is 1. The van der Waals surface area contributed by atoms with Crippen LogP contribution in [0, 0.1) is 6.92 Å². The molecule has 0 atom stereocenters. The maximum atomic E-state index is 12.0. The molecular formula is C13H11BrN2O3. The molecule has 2 amide bonds. The first-order valence-electron chi connectivity index (χ1n) is 5.44. The molecule has 0 fully saturated rings. The fraction of sp³-hybridized carbons (Fsp3) is 0.0769. The van der Waals surface area contributed by atoms with Gasteiger partial charge >= 0.3 is 0 Å². The van der Waals surface area contributed by atoms with Gasteiger partial charge in [0.15, 0.2) is 4.67 Å². The van der Waals surface area contributed by atoms with E-state index >= 15 is 0 Å². The van der Waals surface area contributed by atoms with Crippen molar-refractivity contribution in [3.8, 4) is 0 Å². The molecule has 3 N–H and O–H groups in total. The zero-order valence-electron chi connectivity index (χ0n) is 10.1. The Morgan fingerprint density at radius 2 is 2.05 bits per heavy atom. The Kier molecular flexibility index (Phi) is 3.71. The van der Waals surface area contributed by atoms with Crippen molar-refractivity contribution in [2.24, 2.45) is 5.73 Å². The van der Waals surface area contributed by atoms with Crippen LogP contribution >= 0.6 is 15.9 Å². The Bertz CT molecular complexity index is 649. The highest BCUT2D eigenvalue weighted by Crippen LogP contribution is 2.21. The van der Waals surface area contributed by atoms with Crippen molar-refractivity contribution >= 4 is 33.4 Å². The van der Waals surface area contributed by atoms with E-state index in [9.17, 15) is 9.59 Å². The number of anilines is 1. The van der Waals surface area contributed by atoms with Crippen molar-refractivity contribution in [2.75, 3.05) is 5.32 Å². The topological polar surface area (TPSA) is 85.3 Å². The average Bonchev–Trinajstić information content (AvgIpc) is 2.77. The fourth-order valence-electron chi connectivity index (χ4n) is 1.60. The summed E-state index contributed by atoms with van der Waals surface area (Å²) in [5.41, 5.74) is 7.36. The minimum absolute atomic E-state index is 0.296. The molecule has 2 aromatic rings. The van der Waals surface area contributed by atoms with Gasteiger partial charge in [0.05, 0.1) is 11.8 Å². The van der Waals surface area contributed by atoms with Gasteiger partial charge < -0.3 is 15.5 Å². The molecule has 0 aliphatic rings. The van der Waals surface area contributed by atoms with Crippen LogP contribution in [0.2, 0.25) is 0 Å². The number of aryl methyl sites for hydroxylation is 1. The van der Waals surface area contributed by atoms with E-state index in [1.165, 1.54) is 6.26 Å². The standard InChI is InChI=1S/C13H11BrN2O3/c1-7-6-8(12(15)17)2-3-10(7)16-13(18)9-4-5-19-11(9)14/h2-6H,1H3,(H2,15,17)(H,16,18). The molecule has 1 aromatic carbocycles. The summed E-state index contributed by atoms with van der Waals surface area (Å²) in [4.78, 5) is 23.0. The predicted octanol–water partition coefficient (Wildman–Crippen LogP) is 2.70. The van der Waals surface area contributed by atoms with Crippen molar-refractivity contribution in [2.45, 2.75) is 6.92 Å². The van der Waals surface area contributed by atoms with Crippen molar-refractivity contribution < 1.29 is 14.0 Å². The van der Waals surface area contributed by atoms with E-state index in [1.54, 1.807) is 31.2 Å². The van der Waals surface area contributed by atoms with Gasteiger partial charge in [-0.15, -0.1) is 0 Å². The summed E-state index contributed by atoms with van der Waals surface area (Å²) in [6, 6.07) is 6.39. The smallest absolute Gasteiger partial charge is 0.260 e. The Morgan fingerprint density at radius 3 is 2.58 bits per heavy atom. The number of primary amides is 1. The van der Waals surface area contributed by atoms with E-state index < -0.39 is 5.91 Å². The number of benzene rings is 1. The van der Waals surface area contributed by atoms with Gasteiger partial charge in [-0.25, -0.2) is 0 Å². The van der Waals surface area contributed by atoms with Crippen molar-refractivity contribution in [3.63, 3.8) is 0 Å². The molecule has 98 valence electrons. The molecule has 19 heavy (non-hydrogen) atoms. The summed E-state index contributed by atoms with van der Waals surface area (Å²) in [5, 5.41) is 2.74. The monoisotopic (exact) mass is 322 g/mol. The largest absolute Gasteiger partial charge is 0.457 e. The number of nitrogens with one attached hydrogen (secondary N) is 1. The van der Waals surface area contributed by atoms with Gasteiger partial charge in [0.1, 0.15) is 0 Å². The van der Waals surface area contributed by atoms with E-state index in [1.807, 2.05) is 0 Å². The lowest BCUT2D eigenvalue weighted by Gasteiger charge is -2.08. The normalized spacial score (nSPS) is 10.2. The number of hydrogen-bond acceptors (Lipinski definition) is 3. The molecule has 1 aromatic heterocycles. The zero-order chi connectivity index (χ0) is 14.0. The molecule has 0 saturated carbocycles. The molecule has 2 rings (SSSR count). The molecule has 0 unspecified atom stereocenters. The number of furan rings is 1. The fourth-order valence-corrected chi connectivity index (χ4v) is 2.02. The molecule has 5 nitrogen and oxygen atoms in total. The number of amides is 2. The van der Waals surface area contributed by atoms with E-state index in [0.29, 0.717) is 21.5 Å². The van der Waals surface area contributed by atoms with Crippen LogP contribution in [0.25, 0.3) is 0 Å². The number of hydrogen-bond donors (Lipinski definition) is 2. The number of nitrogens with two attached hydrogens (primary N) is 1. The van der Waals surface area contributed by atoms with Gasteiger partial charge in [-0.3, -0.25) is 9.59 Å². The quantitative estimate of drug-likeness (QED) is 0.911. The second-order valence-electron chi connectivity index (χ2n) is 3.96.